The Balaban J connectivity index is 1.87. The van der Waals surface area contributed by atoms with Crippen LogP contribution in [0.2, 0.25) is 0 Å². The van der Waals surface area contributed by atoms with Crippen LogP contribution in [0.25, 0.3) is 0 Å². The molecule has 1 unspecified atom stereocenters. The third-order valence-corrected chi connectivity index (χ3v) is 3.87. The summed E-state index contributed by atoms with van der Waals surface area (Å²) in [5.41, 5.74) is 1.15. The number of carbonyl (C=O) groups is 1. The Kier molecular flexibility index (Phi) is 6.08. The molecule has 1 atom stereocenters. The van der Waals surface area contributed by atoms with Crippen LogP contribution >= 0.6 is 0 Å². The van der Waals surface area contributed by atoms with Crippen molar-refractivity contribution < 1.29 is 9.53 Å². The lowest BCUT2D eigenvalue weighted by atomic mass is 10.2. The molecular formula is C16H25N5O2. The van der Waals surface area contributed by atoms with Crippen molar-refractivity contribution in [3.8, 4) is 5.75 Å². The minimum Gasteiger partial charge on any atom is -0.497 e. The molecule has 0 aromatic heterocycles. The smallest absolute Gasteiger partial charge is 0.239 e. The highest BCUT2D eigenvalue weighted by Crippen LogP contribution is 2.24. The number of methoxy groups -OCH3 is 1. The van der Waals surface area contributed by atoms with Gasteiger partial charge in [-0.15, -0.1) is 0 Å². The Morgan fingerprint density at radius 2 is 2.30 bits per heavy atom. The molecule has 1 fully saturated rings. The molecule has 0 aliphatic carbocycles. The summed E-state index contributed by atoms with van der Waals surface area (Å²) in [6.45, 7) is 2.06. The van der Waals surface area contributed by atoms with Crippen LogP contribution in [0.1, 0.15) is 6.42 Å². The summed E-state index contributed by atoms with van der Waals surface area (Å²) in [7, 11) is 4.99. The summed E-state index contributed by atoms with van der Waals surface area (Å²) < 4.78 is 5.28. The molecule has 1 heterocycles. The van der Waals surface area contributed by atoms with Crippen molar-refractivity contribution in [2.75, 3.05) is 45.7 Å². The van der Waals surface area contributed by atoms with Gasteiger partial charge in [0.25, 0.3) is 0 Å². The molecule has 1 aromatic carbocycles. The monoisotopic (exact) mass is 319 g/mol. The van der Waals surface area contributed by atoms with Crippen LogP contribution in [-0.2, 0) is 4.79 Å². The van der Waals surface area contributed by atoms with Crippen molar-refractivity contribution in [2.45, 2.75) is 12.5 Å². The second-order valence-electron chi connectivity index (χ2n) is 5.38. The van der Waals surface area contributed by atoms with Crippen LogP contribution in [0.3, 0.4) is 0 Å². The molecule has 0 saturated carbocycles. The minimum atomic E-state index is -0.0719. The van der Waals surface area contributed by atoms with Crippen molar-refractivity contribution >= 4 is 17.6 Å². The molecule has 1 aliphatic rings. The Morgan fingerprint density at radius 3 is 3.00 bits per heavy atom. The zero-order chi connectivity index (χ0) is 16.7. The third-order valence-electron chi connectivity index (χ3n) is 3.87. The Hall–Kier alpha value is -2.44. The molecule has 0 bridgehead atoms. The van der Waals surface area contributed by atoms with Crippen molar-refractivity contribution in [3.63, 3.8) is 0 Å². The van der Waals surface area contributed by atoms with Gasteiger partial charge in [0.05, 0.1) is 13.7 Å². The fraction of sp³-hybridized carbons (Fsp3) is 0.500. The molecule has 1 amide bonds. The first-order valence-electron chi connectivity index (χ1n) is 7.73. The van der Waals surface area contributed by atoms with Gasteiger partial charge >= 0.3 is 0 Å². The first-order chi connectivity index (χ1) is 11.2. The standard InChI is InChI=1S/C16H25N5O2/c1-17-15(22)10-19-16(18-2)20-12-7-8-21(11-12)13-5-4-6-14(9-13)23-3/h4-6,9,12H,7-8,10-11H2,1-3H3,(H,17,22)(H2,18,19,20). The first kappa shape index (κ1) is 16.9. The zero-order valence-electron chi connectivity index (χ0n) is 13.9. The van der Waals surface area contributed by atoms with Crippen LogP contribution < -0.4 is 25.6 Å². The van der Waals surface area contributed by atoms with Crippen molar-refractivity contribution in [1.82, 2.24) is 16.0 Å². The maximum absolute atomic E-state index is 11.3. The number of rotatable bonds is 5. The van der Waals surface area contributed by atoms with Gasteiger partial charge < -0.3 is 25.6 Å². The van der Waals surface area contributed by atoms with Gasteiger partial charge in [0, 0.05) is 45.0 Å². The van der Waals surface area contributed by atoms with E-state index in [9.17, 15) is 4.79 Å². The predicted molar refractivity (Wildman–Crippen MR) is 92.2 cm³/mol. The highest BCUT2D eigenvalue weighted by molar-refractivity contribution is 5.86. The fourth-order valence-corrected chi connectivity index (χ4v) is 2.56. The van der Waals surface area contributed by atoms with Crippen LogP contribution in [0.4, 0.5) is 5.69 Å². The van der Waals surface area contributed by atoms with Gasteiger partial charge in [-0.1, -0.05) is 6.07 Å². The molecule has 1 aromatic rings. The van der Waals surface area contributed by atoms with E-state index in [4.69, 9.17) is 4.74 Å². The number of anilines is 1. The van der Waals surface area contributed by atoms with E-state index in [1.807, 2.05) is 18.2 Å². The third kappa shape index (κ3) is 4.77. The van der Waals surface area contributed by atoms with Gasteiger partial charge in [0.15, 0.2) is 5.96 Å². The van der Waals surface area contributed by atoms with Crippen molar-refractivity contribution in [3.05, 3.63) is 24.3 Å². The van der Waals surface area contributed by atoms with E-state index in [1.54, 1.807) is 21.2 Å². The lowest BCUT2D eigenvalue weighted by Gasteiger charge is -2.20. The number of aliphatic imine (C=N–C) groups is 1. The van der Waals surface area contributed by atoms with Crippen molar-refractivity contribution in [2.24, 2.45) is 4.99 Å². The summed E-state index contributed by atoms with van der Waals surface area (Å²) in [5, 5.41) is 8.94. The maximum atomic E-state index is 11.3. The quantitative estimate of drug-likeness (QED) is 0.533. The number of carbonyl (C=O) groups excluding carboxylic acids is 1. The lowest BCUT2D eigenvalue weighted by Crippen LogP contribution is -2.47. The summed E-state index contributed by atoms with van der Waals surface area (Å²) in [6.07, 6.45) is 1.01. The second kappa shape index (κ2) is 8.26. The average molecular weight is 319 g/mol. The molecule has 3 N–H and O–H groups in total. The molecule has 7 heteroatoms. The molecule has 0 spiro atoms. The summed E-state index contributed by atoms with van der Waals surface area (Å²) in [5.74, 6) is 1.44. The number of amides is 1. The van der Waals surface area contributed by atoms with E-state index >= 15 is 0 Å². The van der Waals surface area contributed by atoms with Gasteiger partial charge in [-0.2, -0.15) is 0 Å². The summed E-state index contributed by atoms with van der Waals surface area (Å²) >= 11 is 0. The highest BCUT2D eigenvalue weighted by Gasteiger charge is 2.23. The van der Waals surface area contributed by atoms with Gasteiger partial charge in [0.2, 0.25) is 5.91 Å². The Morgan fingerprint density at radius 1 is 1.48 bits per heavy atom. The van der Waals surface area contributed by atoms with E-state index in [-0.39, 0.29) is 18.5 Å². The largest absolute Gasteiger partial charge is 0.497 e. The van der Waals surface area contributed by atoms with Crippen molar-refractivity contribution in [1.29, 1.82) is 0 Å². The molecule has 1 saturated heterocycles. The Bertz CT molecular complexity index is 561. The number of nitrogens with zero attached hydrogens (tertiary/aromatic N) is 2. The molecule has 126 valence electrons. The van der Waals surface area contributed by atoms with E-state index < -0.39 is 0 Å². The summed E-state index contributed by atoms with van der Waals surface area (Å²) in [6, 6.07) is 8.36. The molecule has 1 aliphatic heterocycles. The first-order valence-corrected chi connectivity index (χ1v) is 7.73. The number of benzene rings is 1. The lowest BCUT2D eigenvalue weighted by molar-refractivity contribution is -0.119. The van der Waals surface area contributed by atoms with Gasteiger partial charge in [-0.3, -0.25) is 9.79 Å². The number of guanidine groups is 1. The number of likely N-dealkylation sites (N-methyl/N-ethyl adjacent to an activating group) is 1. The number of ether oxygens (including phenoxy) is 1. The van der Waals surface area contributed by atoms with Crippen LogP contribution in [0, 0.1) is 0 Å². The average Bonchev–Trinajstić information content (AvgIpc) is 3.06. The summed E-state index contributed by atoms with van der Waals surface area (Å²) in [4.78, 5) is 17.8. The molecular weight excluding hydrogens is 294 g/mol. The topological polar surface area (TPSA) is 78.0 Å². The molecule has 23 heavy (non-hydrogen) atoms. The number of nitrogens with one attached hydrogen (secondary N) is 3. The SMILES string of the molecule is CN=C(NCC(=O)NC)NC1CCN(c2cccc(OC)c2)C1. The molecule has 7 nitrogen and oxygen atoms in total. The molecule has 0 radical (unpaired) electrons. The van der Waals surface area contributed by atoms with Gasteiger partial charge in [0.1, 0.15) is 5.75 Å². The molecule has 2 rings (SSSR count). The number of hydrogen-bond acceptors (Lipinski definition) is 4. The van der Waals surface area contributed by atoms with E-state index in [0.717, 1.165) is 30.9 Å². The van der Waals surface area contributed by atoms with E-state index in [0.29, 0.717) is 5.96 Å². The Labute approximate surface area is 137 Å². The van der Waals surface area contributed by atoms with Crippen LogP contribution in [0.5, 0.6) is 5.75 Å². The second-order valence-corrected chi connectivity index (χ2v) is 5.38. The maximum Gasteiger partial charge on any atom is 0.239 e. The van der Waals surface area contributed by atoms with Gasteiger partial charge in [-0.05, 0) is 18.6 Å². The predicted octanol–water partition coefficient (Wildman–Crippen LogP) is 0.185. The van der Waals surface area contributed by atoms with Crippen LogP contribution in [-0.4, -0.2) is 58.7 Å². The minimum absolute atomic E-state index is 0.0719. The van der Waals surface area contributed by atoms with E-state index in [1.165, 1.54) is 0 Å². The zero-order valence-corrected chi connectivity index (χ0v) is 13.9. The number of hydrogen-bond donors (Lipinski definition) is 3. The van der Waals surface area contributed by atoms with Gasteiger partial charge in [-0.25, -0.2) is 0 Å². The van der Waals surface area contributed by atoms with Crippen LogP contribution in [0.15, 0.2) is 29.3 Å². The van der Waals surface area contributed by atoms with E-state index in [2.05, 4.69) is 31.9 Å². The highest BCUT2D eigenvalue weighted by atomic mass is 16.5. The normalized spacial score (nSPS) is 17.8. The fourth-order valence-electron chi connectivity index (χ4n) is 2.56.